The third-order valence-electron chi connectivity index (χ3n) is 3.86. The van der Waals surface area contributed by atoms with Crippen molar-refractivity contribution >= 4 is 5.91 Å². The van der Waals surface area contributed by atoms with E-state index in [1.54, 1.807) is 30.3 Å². The lowest BCUT2D eigenvalue weighted by molar-refractivity contribution is 0.0996. The van der Waals surface area contributed by atoms with E-state index in [1.807, 2.05) is 42.5 Å². The van der Waals surface area contributed by atoms with Crippen molar-refractivity contribution in [3.8, 4) is 22.9 Å². The van der Waals surface area contributed by atoms with E-state index in [4.69, 9.17) is 10.5 Å². The second kappa shape index (κ2) is 7.33. The van der Waals surface area contributed by atoms with Gasteiger partial charge in [0.15, 0.2) is 0 Å². The number of carbonyl (C=O) groups is 1. The molecule has 0 radical (unpaired) electrons. The van der Waals surface area contributed by atoms with Crippen LogP contribution in [-0.4, -0.2) is 5.91 Å². The van der Waals surface area contributed by atoms with Gasteiger partial charge in [-0.05, 0) is 34.9 Å². The van der Waals surface area contributed by atoms with Gasteiger partial charge in [0, 0.05) is 0 Å². The fraction of sp³-hybridized carbons (Fsp3) is 0.0476. The van der Waals surface area contributed by atoms with Crippen LogP contribution in [0, 0.1) is 11.3 Å². The molecule has 0 aromatic heterocycles. The number of carbonyl (C=O) groups excluding carboxylic acids is 1. The average Bonchev–Trinajstić information content (AvgIpc) is 2.67. The number of nitriles is 1. The van der Waals surface area contributed by atoms with Crippen molar-refractivity contribution in [1.29, 1.82) is 5.26 Å². The first-order valence-corrected chi connectivity index (χ1v) is 7.79. The van der Waals surface area contributed by atoms with Gasteiger partial charge in [0.2, 0.25) is 0 Å². The molecular formula is C21H16N2O2. The van der Waals surface area contributed by atoms with E-state index in [0.717, 1.165) is 16.7 Å². The predicted octanol–water partition coefficient (Wildman–Crippen LogP) is 3.90. The first-order valence-electron chi connectivity index (χ1n) is 7.79. The smallest absolute Gasteiger partial charge is 0.252 e. The number of hydrogen-bond acceptors (Lipinski definition) is 3. The number of amides is 1. The fourth-order valence-corrected chi connectivity index (χ4v) is 2.57. The number of hydrogen-bond donors (Lipinski definition) is 1. The Kier molecular flexibility index (Phi) is 4.77. The van der Waals surface area contributed by atoms with Crippen molar-refractivity contribution in [2.75, 3.05) is 0 Å². The lowest BCUT2D eigenvalue weighted by Crippen LogP contribution is -2.12. The van der Waals surface area contributed by atoms with Gasteiger partial charge in [-0.15, -0.1) is 0 Å². The van der Waals surface area contributed by atoms with Crippen LogP contribution in [0.4, 0.5) is 0 Å². The molecule has 1 amide bonds. The van der Waals surface area contributed by atoms with Gasteiger partial charge in [0.05, 0.1) is 17.2 Å². The summed E-state index contributed by atoms with van der Waals surface area (Å²) in [4.78, 5) is 11.4. The van der Waals surface area contributed by atoms with Crippen LogP contribution in [0.5, 0.6) is 5.75 Å². The number of ether oxygens (including phenoxy) is 1. The van der Waals surface area contributed by atoms with Gasteiger partial charge in [-0.3, -0.25) is 4.79 Å². The monoisotopic (exact) mass is 328 g/mol. The van der Waals surface area contributed by atoms with E-state index in [0.29, 0.717) is 23.5 Å². The minimum atomic E-state index is -0.515. The van der Waals surface area contributed by atoms with Crippen LogP contribution in [0.1, 0.15) is 21.5 Å². The Balaban J connectivity index is 1.76. The average molecular weight is 328 g/mol. The van der Waals surface area contributed by atoms with Crippen molar-refractivity contribution in [2.45, 2.75) is 6.61 Å². The van der Waals surface area contributed by atoms with Gasteiger partial charge in [0.1, 0.15) is 12.4 Å². The second-order valence-corrected chi connectivity index (χ2v) is 5.50. The van der Waals surface area contributed by atoms with Crippen molar-refractivity contribution in [2.24, 2.45) is 5.73 Å². The Morgan fingerprint density at radius 1 is 0.960 bits per heavy atom. The Hall–Kier alpha value is -3.58. The molecule has 3 aromatic rings. The van der Waals surface area contributed by atoms with Crippen molar-refractivity contribution in [3.05, 3.63) is 89.5 Å². The topological polar surface area (TPSA) is 76.1 Å². The highest BCUT2D eigenvalue weighted by molar-refractivity contribution is 5.95. The molecule has 4 nitrogen and oxygen atoms in total. The highest BCUT2D eigenvalue weighted by Gasteiger charge is 2.09. The molecule has 0 aliphatic carbocycles. The third kappa shape index (κ3) is 3.67. The highest BCUT2D eigenvalue weighted by atomic mass is 16.5. The maximum atomic E-state index is 11.4. The largest absolute Gasteiger partial charge is 0.488 e. The number of para-hydroxylation sites is 1. The van der Waals surface area contributed by atoms with Crippen molar-refractivity contribution in [3.63, 3.8) is 0 Å². The molecule has 3 aromatic carbocycles. The molecule has 0 aliphatic heterocycles. The number of nitrogens with two attached hydrogens (primary N) is 1. The van der Waals surface area contributed by atoms with Gasteiger partial charge in [0.25, 0.3) is 5.91 Å². The van der Waals surface area contributed by atoms with Gasteiger partial charge in [-0.2, -0.15) is 5.26 Å². The van der Waals surface area contributed by atoms with Gasteiger partial charge >= 0.3 is 0 Å². The number of primary amides is 1. The zero-order valence-corrected chi connectivity index (χ0v) is 13.5. The summed E-state index contributed by atoms with van der Waals surface area (Å²) >= 11 is 0. The lowest BCUT2D eigenvalue weighted by Gasteiger charge is -2.10. The van der Waals surface area contributed by atoms with Crippen LogP contribution in [-0.2, 0) is 6.61 Å². The summed E-state index contributed by atoms with van der Waals surface area (Å²) in [6.07, 6.45) is 0. The summed E-state index contributed by atoms with van der Waals surface area (Å²) in [5, 5.41) is 9.21. The first kappa shape index (κ1) is 16.3. The van der Waals surface area contributed by atoms with Gasteiger partial charge in [-0.1, -0.05) is 54.6 Å². The number of benzene rings is 3. The van der Waals surface area contributed by atoms with Crippen LogP contribution < -0.4 is 10.5 Å². The molecule has 2 N–H and O–H groups in total. The van der Waals surface area contributed by atoms with E-state index in [1.165, 1.54) is 0 Å². The Morgan fingerprint density at radius 2 is 1.64 bits per heavy atom. The highest BCUT2D eigenvalue weighted by Crippen LogP contribution is 2.24. The van der Waals surface area contributed by atoms with Crippen LogP contribution in [0.25, 0.3) is 11.1 Å². The number of nitrogens with zero attached hydrogens (tertiary/aromatic N) is 1. The molecule has 0 aliphatic rings. The molecule has 0 atom stereocenters. The third-order valence-corrected chi connectivity index (χ3v) is 3.86. The minimum absolute atomic E-state index is 0.324. The van der Waals surface area contributed by atoms with Crippen LogP contribution in [0.15, 0.2) is 72.8 Å². The zero-order valence-electron chi connectivity index (χ0n) is 13.5. The van der Waals surface area contributed by atoms with E-state index >= 15 is 0 Å². The van der Waals surface area contributed by atoms with Gasteiger partial charge < -0.3 is 10.5 Å². The molecule has 4 heteroatoms. The molecular weight excluding hydrogens is 312 g/mol. The number of rotatable bonds is 5. The summed E-state index contributed by atoms with van der Waals surface area (Å²) in [6, 6.07) is 24.4. The molecule has 25 heavy (non-hydrogen) atoms. The molecule has 0 fully saturated rings. The van der Waals surface area contributed by atoms with Crippen LogP contribution in [0.3, 0.4) is 0 Å². The van der Waals surface area contributed by atoms with E-state index in [2.05, 4.69) is 6.07 Å². The normalized spacial score (nSPS) is 10.0. The lowest BCUT2D eigenvalue weighted by atomic mass is 9.99. The van der Waals surface area contributed by atoms with Crippen LogP contribution >= 0.6 is 0 Å². The molecule has 122 valence electrons. The maximum absolute atomic E-state index is 11.4. The summed E-state index contributed by atoms with van der Waals surface area (Å²) < 4.78 is 5.72. The molecule has 0 bridgehead atoms. The zero-order chi connectivity index (χ0) is 17.6. The quantitative estimate of drug-likeness (QED) is 0.771. The Labute approximate surface area is 146 Å². The van der Waals surface area contributed by atoms with E-state index in [9.17, 15) is 10.1 Å². The molecule has 0 heterocycles. The standard InChI is InChI=1S/C21H16N2O2/c22-13-17-5-1-2-6-18(17)16-11-9-15(10-12-16)14-25-20-8-4-3-7-19(20)21(23)24/h1-12H,14H2,(H2,23,24). The summed E-state index contributed by atoms with van der Waals surface area (Å²) in [5.74, 6) is -0.0482. The SMILES string of the molecule is N#Cc1ccccc1-c1ccc(COc2ccccc2C(N)=O)cc1. The molecule has 0 saturated carbocycles. The van der Waals surface area contributed by atoms with E-state index < -0.39 is 5.91 Å². The van der Waals surface area contributed by atoms with Gasteiger partial charge in [-0.25, -0.2) is 0 Å². The minimum Gasteiger partial charge on any atom is -0.488 e. The van der Waals surface area contributed by atoms with Crippen LogP contribution in [0.2, 0.25) is 0 Å². The van der Waals surface area contributed by atoms with Crippen molar-refractivity contribution in [1.82, 2.24) is 0 Å². The Morgan fingerprint density at radius 3 is 2.36 bits per heavy atom. The molecule has 0 spiro atoms. The summed E-state index contributed by atoms with van der Waals surface area (Å²) in [6.45, 7) is 0.324. The fourth-order valence-electron chi connectivity index (χ4n) is 2.57. The maximum Gasteiger partial charge on any atom is 0.252 e. The Bertz CT molecular complexity index is 941. The summed E-state index contributed by atoms with van der Waals surface area (Å²) in [5.41, 5.74) is 9.18. The first-order chi connectivity index (χ1) is 12.2. The molecule has 3 rings (SSSR count). The van der Waals surface area contributed by atoms with Crippen molar-refractivity contribution < 1.29 is 9.53 Å². The predicted molar refractivity (Wildman–Crippen MR) is 95.9 cm³/mol. The molecule has 0 saturated heterocycles. The molecule has 0 unspecified atom stereocenters. The van der Waals surface area contributed by atoms with E-state index in [-0.39, 0.29) is 0 Å². The second-order valence-electron chi connectivity index (χ2n) is 5.50. The summed E-state index contributed by atoms with van der Waals surface area (Å²) in [7, 11) is 0.